The molecule has 1 heterocycles. The van der Waals surface area contributed by atoms with Crippen molar-refractivity contribution in [3.8, 4) is 17.2 Å². The van der Waals surface area contributed by atoms with Crippen molar-refractivity contribution in [1.82, 2.24) is 0 Å². The van der Waals surface area contributed by atoms with Crippen molar-refractivity contribution < 1.29 is 54.9 Å². The molecule has 2 aromatic rings. The Bertz CT molecular complexity index is 1300. The standard InChI is InChI=1S/C26H29BrO12S/c1-5-20-23(33-15(2)28)24(34-16(3)29)25(35-17(4)30)26(36-20)37-21-8-6-7-9-22(21)39-40(31,32)38-19-12-10-18(14-27)11-13-19/h6-13,20,23-26H,5,14H2,1-4H3/t20-,23+,24+,25-,26?/m1/s1. The molecule has 0 radical (unpaired) electrons. The van der Waals surface area contributed by atoms with Gasteiger partial charge in [0, 0.05) is 26.1 Å². The Morgan fingerprint density at radius 2 is 1.35 bits per heavy atom. The Hall–Kier alpha value is -3.36. The number of hydrogen-bond acceptors (Lipinski definition) is 12. The van der Waals surface area contributed by atoms with Crippen LogP contribution in [0, 0.1) is 0 Å². The van der Waals surface area contributed by atoms with E-state index in [0.717, 1.165) is 19.4 Å². The number of para-hydroxylation sites is 2. The van der Waals surface area contributed by atoms with Gasteiger partial charge in [0.15, 0.2) is 23.7 Å². The van der Waals surface area contributed by atoms with Crippen LogP contribution in [-0.2, 0) is 49.1 Å². The molecule has 1 aliphatic heterocycles. The average molecular weight is 645 g/mol. The Labute approximate surface area is 240 Å². The summed E-state index contributed by atoms with van der Waals surface area (Å²) in [6.07, 6.45) is -5.79. The molecule has 0 aliphatic carbocycles. The minimum Gasteiger partial charge on any atom is -0.457 e. The Morgan fingerprint density at radius 3 is 1.90 bits per heavy atom. The summed E-state index contributed by atoms with van der Waals surface area (Å²) in [5, 5.41) is 0.581. The first-order valence-corrected chi connectivity index (χ1v) is 14.6. The molecule has 40 heavy (non-hydrogen) atoms. The molecule has 218 valence electrons. The lowest BCUT2D eigenvalue weighted by atomic mass is 9.96. The van der Waals surface area contributed by atoms with E-state index in [2.05, 4.69) is 15.9 Å². The summed E-state index contributed by atoms with van der Waals surface area (Å²) in [5.74, 6) is -2.51. The quantitative estimate of drug-likeness (QED) is 0.200. The molecule has 0 aromatic heterocycles. The number of benzene rings is 2. The van der Waals surface area contributed by atoms with Crippen LogP contribution in [0.3, 0.4) is 0 Å². The van der Waals surface area contributed by atoms with Crippen LogP contribution in [0.4, 0.5) is 0 Å². The van der Waals surface area contributed by atoms with Crippen molar-refractivity contribution in [3.63, 3.8) is 0 Å². The van der Waals surface area contributed by atoms with Gasteiger partial charge in [-0.05, 0) is 36.2 Å². The van der Waals surface area contributed by atoms with Gasteiger partial charge in [-0.2, -0.15) is 0 Å². The maximum atomic E-state index is 12.7. The number of alkyl halides is 1. The Balaban J connectivity index is 1.90. The Kier molecular flexibility index (Phi) is 10.8. The van der Waals surface area contributed by atoms with Crippen molar-refractivity contribution >= 4 is 44.2 Å². The van der Waals surface area contributed by atoms with E-state index >= 15 is 0 Å². The normalized spacial score (nSPS) is 22.5. The highest BCUT2D eigenvalue weighted by molar-refractivity contribution is 9.08. The SMILES string of the molecule is CC[C@H]1OC(Oc2ccccc2OS(=O)(=O)Oc2ccc(CBr)cc2)[C@H](OC(C)=O)[C@@H](OC(C)=O)[C@H]1OC(C)=O. The zero-order chi connectivity index (χ0) is 29.4. The third-order valence-corrected chi connectivity index (χ3v) is 6.89. The highest BCUT2D eigenvalue weighted by Crippen LogP contribution is 2.35. The lowest BCUT2D eigenvalue weighted by Gasteiger charge is -2.44. The predicted molar refractivity (Wildman–Crippen MR) is 142 cm³/mol. The maximum absolute atomic E-state index is 12.7. The molecule has 2 aromatic carbocycles. The molecule has 0 saturated carbocycles. The summed E-state index contributed by atoms with van der Waals surface area (Å²) in [5.41, 5.74) is 0.910. The van der Waals surface area contributed by atoms with Gasteiger partial charge in [0.1, 0.15) is 11.9 Å². The third-order valence-electron chi connectivity index (χ3n) is 5.46. The molecular weight excluding hydrogens is 616 g/mol. The number of hydrogen-bond donors (Lipinski definition) is 0. The van der Waals surface area contributed by atoms with Gasteiger partial charge in [-0.3, -0.25) is 14.4 Å². The van der Waals surface area contributed by atoms with Crippen molar-refractivity contribution in [2.24, 2.45) is 0 Å². The molecule has 1 unspecified atom stereocenters. The highest BCUT2D eigenvalue weighted by atomic mass is 79.9. The first kappa shape index (κ1) is 31.2. The van der Waals surface area contributed by atoms with Crippen LogP contribution in [0.1, 0.15) is 39.7 Å². The summed E-state index contributed by atoms with van der Waals surface area (Å²) in [4.78, 5) is 35.7. The van der Waals surface area contributed by atoms with Gasteiger partial charge in [0.25, 0.3) is 0 Å². The van der Waals surface area contributed by atoms with E-state index in [-0.39, 0.29) is 23.7 Å². The van der Waals surface area contributed by atoms with E-state index in [1.807, 2.05) is 0 Å². The first-order valence-electron chi connectivity index (χ1n) is 12.1. The van der Waals surface area contributed by atoms with Crippen LogP contribution < -0.4 is 13.1 Å². The number of halogens is 1. The van der Waals surface area contributed by atoms with Gasteiger partial charge >= 0.3 is 28.3 Å². The molecule has 12 nitrogen and oxygen atoms in total. The molecule has 0 spiro atoms. The van der Waals surface area contributed by atoms with Crippen LogP contribution >= 0.6 is 15.9 Å². The molecule has 3 rings (SSSR count). The summed E-state index contributed by atoms with van der Waals surface area (Å²) < 4.78 is 63.6. The third kappa shape index (κ3) is 8.57. The van der Waals surface area contributed by atoms with Crippen LogP contribution in [0.5, 0.6) is 17.2 Å². The average Bonchev–Trinajstić information content (AvgIpc) is 2.87. The number of ether oxygens (including phenoxy) is 5. The molecule has 5 atom stereocenters. The van der Waals surface area contributed by atoms with E-state index in [9.17, 15) is 22.8 Å². The van der Waals surface area contributed by atoms with Gasteiger partial charge in [-0.15, -0.1) is 8.42 Å². The van der Waals surface area contributed by atoms with Crippen LogP contribution in [0.15, 0.2) is 48.5 Å². The van der Waals surface area contributed by atoms with Gasteiger partial charge < -0.3 is 32.1 Å². The van der Waals surface area contributed by atoms with E-state index in [1.54, 1.807) is 25.1 Å². The van der Waals surface area contributed by atoms with E-state index in [1.165, 1.54) is 37.3 Å². The molecule has 1 fully saturated rings. The summed E-state index contributed by atoms with van der Waals surface area (Å²) in [6, 6.07) is 12.1. The topological polar surface area (TPSA) is 150 Å². The first-order chi connectivity index (χ1) is 18.9. The zero-order valence-corrected chi connectivity index (χ0v) is 24.5. The van der Waals surface area contributed by atoms with Gasteiger partial charge in [0.2, 0.25) is 12.4 Å². The molecule has 0 N–H and O–H groups in total. The smallest absolute Gasteiger partial charge is 0.457 e. The van der Waals surface area contributed by atoms with Gasteiger partial charge in [-0.1, -0.05) is 47.1 Å². The molecule has 14 heteroatoms. The largest absolute Gasteiger partial charge is 0.501 e. The lowest BCUT2D eigenvalue weighted by molar-refractivity contribution is -0.284. The minimum absolute atomic E-state index is 0.0279. The summed E-state index contributed by atoms with van der Waals surface area (Å²) in [6.45, 7) is 5.18. The van der Waals surface area contributed by atoms with Crippen LogP contribution in [0.25, 0.3) is 0 Å². The van der Waals surface area contributed by atoms with Gasteiger partial charge in [0.05, 0.1) is 0 Å². The second kappa shape index (κ2) is 13.8. The number of carbonyl (C=O) groups is 3. The monoisotopic (exact) mass is 644 g/mol. The van der Waals surface area contributed by atoms with E-state index in [0.29, 0.717) is 5.33 Å². The maximum Gasteiger partial charge on any atom is 0.501 e. The van der Waals surface area contributed by atoms with Crippen LogP contribution in [-0.4, -0.2) is 57.0 Å². The van der Waals surface area contributed by atoms with E-state index < -0.39 is 59.0 Å². The second-order valence-electron chi connectivity index (χ2n) is 8.59. The van der Waals surface area contributed by atoms with Crippen molar-refractivity contribution in [3.05, 3.63) is 54.1 Å². The summed E-state index contributed by atoms with van der Waals surface area (Å²) >= 11 is 3.31. The fourth-order valence-corrected chi connectivity index (χ4v) is 5.01. The second-order valence-corrected chi connectivity index (χ2v) is 10.3. The fourth-order valence-electron chi connectivity index (χ4n) is 3.90. The molecular formula is C26H29BrO12S. The van der Waals surface area contributed by atoms with E-state index in [4.69, 9.17) is 32.1 Å². The van der Waals surface area contributed by atoms with Crippen molar-refractivity contribution in [2.45, 2.75) is 70.2 Å². The number of esters is 3. The molecule has 1 saturated heterocycles. The molecule has 0 bridgehead atoms. The lowest BCUT2D eigenvalue weighted by Crippen LogP contribution is -2.62. The Morgan fingerprint density at radius 1 is 0.800 bits per heavy atom. The number of rotatable bonds is 11. The fraction of sp³-hybridized carbons (Fsp3) is 0.423. The zero-order valence-electron chi connectivity index (χ0n) is 22.1. The molecule has 0 amide bonds. The van der Waals surface area contributed by atoms with Gasteiger partial charge in [-0.25, -0.2) is 0 Å². The van der Waals surface area contributed by atoms with Crippen LogP contribution in [0.2, 0.25) is 0 Å². The van der Waals surface area contributed by atoms with Crippen molar-refractivity contribution in [2.75, 3.05) is 0 Å². The minimum atomic E-state index is -4.61. The molecule has 1 aliphatic rings. The predicted octanol–water partition coefficient (Wildman–Crippen LogP) is 3.59. The summed E-state index contributed by atoms with van der Waals surface area (Å²) in [7, 11) is -4.61. The number of carbonyl (C=O) groups excluding carboxylic acids is 3. The van der Waals surface area contributed by atoms with Crippen molar-refractivity contribution in [1.29, 1.82) is 0 Å². The highest BCUT2D eigenvalue weighted by Gasteiger charge is 2.52.